The van der Waals surface area contributed by atoms with Crippen LogP contribution in [0.5, 0.6) is 0 Å². The van der Waals surface area contributed by atoms with Crippen molar-refractivity contribution in [2.75, 3.05) is 35.7 Å². The molecule has 1 saturated heterocycles. The highest BCUT2D eigenvalue weighted by Gasteiger charge is 2.14. The zero-order valence-electron chi connectivity index (χ0n) is 16.5. The molecule has 5 nitrogen and oxygen atoms in total. The molecule has 2 aromatic rings. The second-order valence-corrected chi connectivity index (χ2v) is 8.57. The molecule has 0 aromatic heterocycles. The van der Waals surface area contributed by atoms with Crippen molar-refractivity contribution >= 4 is 35.0 Å². The smallest absolute Gasteiger partial charge is 0.316 e. The van der Waals surface area contributed by atoms with Gasteiger partial charge in [-0.2, -0.15) is 0 Å². The van der Waals surface area contributed by atoms with E-state index in [1.54, 1.807) is 0 Å². The molecule has 0 spiro atoms. The number of thioether (sulfide) groups is 1. The highest BCUT2D eigenvalue weighted by atomic mass is 32.2. The van der Waals surface area contributed by atoms with Crippen molar-refractivity contribution < 1.29 is 14.3 Å². The van der Waals surface area contributed by atoms with E-state index < -0.39 is 0 Å². The van der Waals surface area contributed by atoms with Gasteiger partial charge in [0.05, 0.1) is 5.75 Å². The lowest BCUT2D eigenvalue weighted by atomic mass is 10.1. The second kappa shape index (κ2) is 9.35. The number of amides is 1. The largest absolute Gasteiger partial charge is 0.455 e. The molecule has 1 N–H and O–H groups in total. The molecule has 2 aromatic carbocycles. The Hall–Kier alpha value is -2.47. The Morgan fingerprint density at radius 1 is 0.966 bits per heavy atom. The molecule has 0 atom stereocenters. The highest BCUT2D eigenvalue weighted by Crippen LogP contribution is 2.27. The van der Waals surface area contributed by atoms with Gasteiger partial charge in [0.1, 0.15) is 0 Å². The molecule has 6 heteroatoms. The quantitative estimate of drug-likeness (QED) is 0.551. The van der Waals surface area contributed by atoms with Gasteiger partial charge in [-0.3, -0.25) is 9.59 Å². The van der Waals surface area contributed by atoms with Gasteiger partial charge in [0.15, 0.2) is 6.61 Å². The lowest BCUT2D eigenvalue weighted by Gasteiger charge is -2.17. The van der Waals surface area contributed by atoms with E-state index in [-0.39, 0.29) is 24.2 Å². The summed E-state index contributed by atoms with van der Waals surface area (Å²) in [7, 11) is 0. The Morgan fingerprint density at radius 3 is 2.52 bits per heavy atom. The van der Waals surface area contributed by atoms with Crippen LogP contribution in [0.15, 0.2) is 47.4 Å². The maximum absolute atomic E-state index is 12.1. The van der Waals surface area contributed by atoms with E-state index in [1.807, 2.05) is 24.3 Å². The van der Waals surface area contributed by atoms with Gasteiger partial charge >= 0.3 is 5.97 Å². The van der Waals surface area contributed by atoms with Crippen LogP contribution in [-0.4, -0.2) is 37.3 Å². The third-order valence-corrected chi connectivity index (χ3v) is 6.38. The van der Waals surface area contributed by atoms with Gasteiger partial charge in [0.2, 0.25) is 0 Å². The number of esters is 1. The van der Waals surface area contributed by atoms with Crippen molar-refractivity contribution in [2.24, 2.45) is 0 Å². The van der Waals surface area contributed by atoms with E-state index in [0.29, 0.717) is 5.69 Å². The van der Waals surface area contributed by atoms with E-state index in [1.165, 1.54) is 47.8 Å². The predicted molar refractivity (Wildman–Crippen MR) is 117 cm³/mol. The van der Waals surface area contributed by atoms with Crippen molar-refractivity contribution in [3.8, 4) is 0 Å². The molecule has 1 heterocycles. The lowest BCUT2D eigenvalue weighted by Crippen LogP contribution is -2.22. The van der Waals surface area contributed by atoms with Crippen molar-refractivity contribution in [1.82, 2.24) is 0 Å². The van der Waals surface area contributed by atoms with E-state index in [4.69, 9.17) is 4.74 Å². The molecule has 1 aliphatic heterocycles. The molecule has 152 valence electrons. The molecule has 0 bridgehead atoms. The number of aryl methyl sites for hydroxylation is 2. The van der Waals surface area contributed by atoms with Gasteiger partial charge in [0, 0.05) is 29.4 Å². The zero-order chi connectivity index (χ0) is 20.1. The standard InChI is InChI=1S/C23H26N2O3S/c26-22(24-19-7-9-20(10-8-19)25-12-1-2-13-25)15-28-23(27)16-29-21-11-6-17-4-3-5-18(17)14-21/h6-11,14H,1-5,12-13,15-16H2,(H,24,26). The van der Waals surface area contributed by atoms with E-state index in [9.17, 15) is 9.59 Å². The number of nitrogens with one attached hydrogen (secondary N) is 1. The maximum atomic E-state index is 12.1. The third-order valence-electron chi connectivity index (χ3n) is 5.41. The highest BCUT2D eigenvalue weighted by molar-refractivity contribution is 8.00. The van der Waals surface area contributed by atoms with Gasteiger partial charge in [-0.25, -0.2) is 0 Å². The van der Waals surface area contributed by atoms with Crippen LogP contribution in [0.4, 0.5) is 11.4 Å². The second-order valence-electron chi connectivity index (χ2n) is 7.52. The van der Waals surface area contributed by atoms with E-state index in [2.05, 4.69) is 28.4 Å². The van der Waals surface area contributed by atoms with Gasteiger partial charge in [0.25, 0.3) is 5.91 Å². The van der Waals surface area contributed by atoms with E-state index >= 15 is 0 Å². The summed E-state index contributed by atoms with van der Waals surface area (Å²) < 4.78 is 5.12. The Morgan fingerprint density at radius 2 is 1.72 bits per heavy atom. The average Bonchev–Trinajstić information content (AvgIpc) is 3.43. The number of hydrogen-bond donors (Lipinski definition) is 1. The molecule has 1 aliphatic carbocycles. The van der Waals surface area contributed by atoms with Crippen LogP contribution >= 0.6 is 11.8 Å². The number of ether oxygens (including phenoxy) is 1. The number of anilines is 2. The summed E-state index contributed by atoms with van der Waals surface area (Å²) in [6, 6.07) is 14.2. The summed E-state index contributed by atoms with van der Waals surface area (Å²) in [5.74, 6) is -0.499. The molecule has 2 aliphatic rings. The third kappa shape index (κ3) is 5.32. The van der Waals surface area contributed by atoms with Crippen LogP contribution in [0.3, 0.4) is 0 Å². The molecule has 4 rings (SSSR count). The summed E-state index contributed by atoms with van der Waals surface area (Å²) in [4.78, 5) is 27.4. The molecular formula is C23H26N2O3S. The Bertz CT molecular complexity index is 876. The molecule has 1 fully saturated rings. The van der Waals surface area contributed by atoms with Crippen LogP contribution in [-0.2, 0) is 27.2 Å². The molecule has 0 radical (unpaired) electrons. The van der Waals surface area contributed by atoms with Crippen molar-refractivity contribution in [3.05, 3.63) is 53.6 Å². The Labute approximate surface area is 175 Å². The number of benzene rings is 2. The van der Waals surface area contributed by atoms with E-state index in [0.717, 1.165) is 30.8 Å². The van der Waals surface area contributed by atoms with Gasteiger partial charge < -0.3 is 15.0 Å². The van der Waals surface area contributed by atoms with Crippen LogP contribution in [0.2, 0.25) is 0 Å². The normalized spacial score (nSPS) is 15.2. The minimum atomic E-state index is -0.380. The number of carbonyl (C=O) groups excluding carboxylic acids is 2. The number of carbonyl (C=O) groups is 2. The molecule has 0 saturated carbocycles. The molecular weight excluding hydrogens is 384 g/mol. The van der Waals surface area contributed by atoms with Crippen molar-refractivity contribution in [1.29, 1.82) is 0 Å². The summed E-state index contributed by atoms with van der Waals surface area (Å²) in [6.45, 7) is 1.91. The zero-order valence-corrected chi connectivity index (χ0v) is 17.3. The summed E-state index contributed by atoms with van der Waals surface area (Å²) in [5.41, 5.74) is 4.69. The van der Waals surface area contributed by atoms with Gasteiger partial charge in [-0.05, 0) is 79.6 Å². The lowest BCUT2D eigenvalue weighted by molar-refractivity contribution is -0.144. The molecule has 29 heavy (non-hydrogen) atoms. The van der Waals surface area contributed by atoms with Crippen molar-refractivity contribution in [2.45, 2.75) is 37.0 Å². The SMILES string of the molecule is O=C(COC(=O)CSc1ccc2c(c1)CCC2)Nc1ccc(N2CCCC2)cc1. The molecule has 1 amide bonds. The first kappa shape index (κ1) is 19.8. The fourth-order valence-corrected chi connectivity index (χ4v) is 4.65. The summed E-state index contributed by atoms with van der Waals surface area (Å²) >= 11 is 1.45. The first-order chi connectivity index (χ1) is 14.2. The fraction of sp³-hybridized carbons (Fsp3) is 0.391. The van der Waals surface area contributed by atoms with Crippen LogP contribution in [0.25, 0.3) is 0 Å². The van der Waals surface area contributed by atoms with Gasteiger partial charge in [-0.1, -0.05) is 6.07 Å². The van der Waals surface area contributed by atoms with Crippen LogP contribution in [0, 0.1) is 0 Å². The topological polar surface area (TPSA) is 58.6 Å². The number of fused-ring (bicyclic) bond motifs is 1. The number of nitrogens with zero attached hydrogens (tertiary/aromatic N) is 1. The first-order valence-electron chi connectivity index (χ1n) is 10.2. The Balaban J connectivity index is 1.18. The van der Waals surface area contributed by atoms with Crippen molar-refractivity contribution in [3.63, 3.8) is 0 Å². The predicted octanol–water partition coefficient (Wildman–Crippen LogP) is 4.05. The van der Waals surface area contributed by atoms with Gasteiger partial charge in [-0.15, -0.1) is 11.8 Å². The fourth-order valence-electron chi connectivity index (χ4n) is 3.90. The Kier molecular flexibility index (Phi) is 6.39. The summed E-state index contributed by atoms with van der Waals surface area (Å²) in [6.07, 6.45) is 5.94. The number of rotatable bonds is 7. The van der Waals surface area contributed by atoms with Crippen LogP contribution in [0.1, 0.15) is 30.4 Å². The number of hydrogen-bond acceptors (Lipinski definition) is 5. The minimum absolute atomic E-state index is 0.205. The maximum Gasteiger partial charge on any atom is 0.316 e. The van der Waals surface area contributed by atoms with Crippen LogP contribution < -0.4 is 10.2 Å². The minimum Gasteiger partial charge on any atom is -0.455 e. The monoisotopic (exact) mass is 410 g/mol. The summed E-state index contributed by atoms with van der Waals surface area (Å²) in [5, 5.41) is 2.78. The average molecular weight is 411 g/mol. The first-order valence-corrected chi connectivity index (χ1v) is 11.2. The molecule has 0 unspecified atom stereocenters.